The molecule has 1 amide bonds. The Morgan fingerprint density at radius 3 is 2.31 bits per heavy atom. The number of aromatic nitrogens is 1. The van der Waals surface area contributed by atoms with Gasteiger partial charge in [0, 0.05) is 43.1 Å². The number of carbonyl (C=O) groups excluding carboxylic acids is 1. The van der Waals surface area contributed by atoms with Crippen LogP contribution < -0.4 is 4.74 Å². The summed E-state index contributed by atoms with van der Waals surface area (Å²) in [6.45, 7) is 22.1. The number of nitrogens with zero attached hydrogens (tertiary/aromatic N) is 3. The summed E-state index contributed by atoms with van der Waals surface area (Å²) in [5.74, 6) is 2.19. The fourth-order valence-corrected chi connectivity index (χ4v) is 7.57. The lowest BCUT2D eigenvalue weighted by molar-refractivity contribution is -0.0167. The van der Waals surface area contributed by atoms with E-state index in [1.807, 2.05) is 0 Å². The summed E-state index contributed by atoms with van der Waals surface area (Å²) in [6, 6.07) is 9.25. The second-order valence-corrected chi connectivity index (χ2v) is 16.2. The second kappa shape index (κ2) is 11.2. The molecule has 5 rings (SSSR count). The van der Waals surface area contributed by atoms with E-state index in [1.54, 1.807) is 0 Å². The van der Waals surface area contributed by atoms with Gasteiger partial charge in [-0.3, -0.25) is 4.79 Å². The quantitative estimate of drug-likeness (QED) is 0.322. The standard InChI is InChI=1S/C32H51N3O3Si/c1-21(2)32(5,6)30(38-39(7)8)29-20-34(19-23-9-10-23)31(36)28-18-24-17-26(11-12-27(24)35(28)29)37-25-13-15-33(16-14-25)22(3)4/h11-12,17-18,21-23,25,29-30,39H,9-10,13-16,19-20H2,1-8H3/t29-,30?/m0/s1. The van der Waals surface area contributed by atoms with E-state index in [1.165, 1.54) is 12.8 Å². The lowest BCUT2D eigenvalue weighted by Crippen LogP contribution is -2.53. The molecule has 7 heteroatoms. The summed E-state index contributed by atoms with van der Waals surface area (Å²) in [7, 11) is -1.33. The van der Waals surface area contributed by atoms with Crippen LogP contribution >= 0.6 is 0 Å². The molecule has 1 saturated heterocycles. The molecule has 1 aromatic heterocycles. The number of carbonyl (C=O) groups is 1. The van der Waals surface area contributed by atoms with Crippen molar-refractivity contribution in [2.45, 2.75) is 105 Å². The molecule has 2 fully saturated rings. The average Bonchev–Trinajstić information content (AvgIpc) is 3.61. The SMILES string of the molecule is CC(C)N1CCC(Oc2ccc3c(c2)cc2n3[C@H](C(O[SiH](C)C)C(C)(C)C(C)C)CN(CC3CC3)C2=O)CC1. The highest BCUT2D eigenvalue weighted by atomic mass is 28.3. The minimum Gasteiger partial charge on any atom is -0.490 e. The number of ether oxygens (including phenoxy) is 1. The molecule has 0 bridgehead atoms. The minimum absolute atomic E-state index is 0.0324. The van der Waals surface area contributed by atoms with Gasteiger partial charge in [-0.2, -0.15) is 0 Å². The Hall–Kier alpha value is -1.83. The molecule has 0 radical (unpaired) electrons. The van der Waals surface area contributed by atoms with Crippen molar-refractivity contribution < 1.29 is 14.0 Å². The zero-order valence-corrected chi connectivity index (χ0v) is 26.7. The van der Waals surface area contributed by atoms with Crippen molar-refractivity contribution in [2.24, 2.45) is 17.3 Å². The number of fused-ring (bicyclic) bond motifs is 3. The fraction of sp³-hybridized carbons (Fsp3) is 0.719. The van der Waals surface area contributed by atoms with Crippen molar-refractivity contribution in [3.05, 3.63) is 30.0 Å². The lowest BCUT2D eigenvalue weighted by Gasteiger charge is -2.47. The maximum atomic E-state index is 13.8. The van der Waals surface area contributed by atoms with Gasteiger partial charge in [0.2, 0.25) is 0 Å². The number of hydrogen-bond acceptors (Lipinski definition) is 4. The van der Waals surface area contributed by atoms with Crippen LogP contribution in [0.1, 0.15) is 83.8 Å². The smallest absolute Gasteiger partial charge is 0.270 e. The normalized spacial score (nSPS) is 22.4. The molecule has 2 aromatic rings. The first kappa shape index (κ1) is 28.7. The van der Waals surface area contributed by atoms with Gasteiger partial charge in [-0.25, -0.2) is 0 Å². The van der Waals surface area contributed by atoms with E-state index < -0.39 is 9.04 Å². The van der Waals surface area contributed by atoms with E-state index in [0.717, 1.165) is 61.4 Å². The van der Waals surface area contributed by atoms with Gasteiger partial charge in [0.25, 0.3) is 5.91 Å². The van der Waals surface area contributed by atoms with Gasteiger partial charge in [0.15, 0.2) is 9.04 Å². The van der Waals surface area contributed by atoms with Crippen molar-refractivity contribution in [1.29, 1.82) is 0 Å². The zero-order valence-electron chi connectivity index (χ0n) is 25.6. The van der Waals surface area contributed by atoms with Crippen LogP contribution in [0.3, 0.4) is 0 Å². The molecule has 2 aliphatic heterocycles. The topological polar surface area (TPSA) is 46.9 Å². The highest BCUT2D eigenvalue weighted by Gasteiger charge is 2.45. The third-order valence-corrected chi connectivity index (χ3v) is 10.6. The van der Waals surface area contributed by atoms with Crippen LogP contribution in [-0.2, 0) is 4.43 Å². The predicted molar refractivity (Wildman–Crippen MR) is 162 cm³/mol. The van der Waals surface area contributed by atoms with Crippen molar-refractivity contribution in [2.75, 3.05) is 26.2 Å². The van der Waals surface area contributed by atoms with Crippen LogP contribution in [0.5, 0.6) is 5.75 Å². The van der Waals surface area contributed by atoms with Gasteiger partial charge < -0.3 is 23.5 Å². The molecule has 1 unspecified atom stereocenters. The van der Waals surface area contributed by atoms with Crippen molar-refractivity contribution in [3.63, 3.8) is 0 Å². The van der Waals surface area contributed by atoms with E-state index in [4.69, 9.17) is 9.16 Å². The van der Waals surface area contributed by atoms with E-state index in [0.29, 0.717) is 17.9 Å². The molecule has 6 nitrogen and oxygen atoms in total. The van der Waals surface area contributed by atoms with Gasteiger partial charge in [0.05, 0.1) is 12.1 Å². The molecule has 0 N–H and O–H groups in total. The predicted octanol–water partition coefficient (Wildman–Crippen LogP) is 6.35. The number of amides is 1. The van der Waals surface area contributed by atoms with Crippen molar-refractivity contribution >= 4 is 25.9 Å². The Morgan fingerprint density at radius 1 is 1.03 bits per heavy atom. The molecule has 39 heavy (non-hydrogen) atoms. The van der Waals surface area contributed by atoms with Gasteiger partial charge in [-0.1, -0.05) is 27.7 Å². The number of likely N-dealkylation sites (tertiary alicyclic amines) is 1. The largest absolute Gasteiger partial charge is 0.490 e. The Morgan fingerprint density at radius 2 is 1.72 bits per heavy atom. The molecule has 216 valence electrons. The van der Waals surface area contributed by atoms with E-state index in [9.17, 15) is 4.79 Å². The van der Waals surface area contributed by atoms with Crippen LogP contribution in [-0.4, -0.2) is 73.7 Å². The summed E-state index contributed by atoms with van der Waals surface area (Å²) in [6.07, 6.45) is 4.88. The monoisotopic (exact) mass is 553 g/mol. The first-order chi connectivity index (χ1) is 18.5. The maximum Gasteiger partial charge on any atom is 0.270 e. The van der Waals surface area contributed by atoms with Crippen molar-refractivity contribution in [3.8, 4) is 5.75 Å². The van der Waals surface area contributed by atoms with E-state index in [-0.39, 0.29) is 29.6 Å². The van der Waals surface area contributed by atoms with Gasteiger partial charge in [-0.05, 0) is 94.1 Å². The summed E-state index contributed by atoms with van der Waals surface area (Å²) < 4.78 is 15.7. The van der Waals surface area contributed by atoms with Crippen LogP contribution in [0.15, 0.2) is 24.3 Å². The first-order valence-electron chi connectivity index (χ1n) is 15.5. The summed E-state index contributed by atoms with van der Waals surface area (Å²) in [5.41, 5.74) is 1.90. The summed E-state index contributed by atoms with van der Waals surface area (Å²) in [4.78, 5) is 18.5. The molecule has 0 spiro atoms. The first-order valence-corrected chi connectivity index (χ1v) is 18.2. The van der Waals surface area contributed by atoms with Gasteiger partial charge in [0.1, 0.15) is 17.5 Å². The van der Waals surface area contributed by atoms with Gasteiger partial charge >= 0.3 is 0 Å². The van der Waals surface area contributed by atoms with E-state index in [2.05, 4.69) is 93.3 Å². The number of hydrogen-bond donors (Lipinski definition) is 0. The highest BCUT2D eigenvalue weighted by Crippen LogP contribution is 2.44. The molecule has 1 aromatic carbocycles. The Bertz CT molecular complexity index is 1160. The van der Waals surface area contributed by atoms with Crippen molar-refractivity contribution in [1.82, 2.24) is 14.4 Å². The third-order valence-electron chi connectivity index (χ3n) is 9.73. The summed E-state index contributed by atoms with van der Waals surface area (Å²) >= 11 is 0. The second-order valence-electron chi connectivity index (χ2n) is 13.9. The third kappa shape index (κ3) is 5.96. The summed E-state index contributed by atoms with van der Waals surface area (Å²) in [5, 5.41) is 1.09. The molecule has 1 saturated carbocycles. The number of rotatable bonds is 10. The molecule has 1 aliphatic carbocycles. The Labute approximate surface area is 237 Å². The Kier molecular flexibility index (Phi) is 8.25. The molecular formula is C32H51N3O3Si. The molecule has 3 aliphatic rings. The van der Waals surface area contributed by atoms with Crippen LogP contribution in [0, 0.1) is 17.3 Å². The molecule has 2 atom stereocenters. The highest BCUT2D eigenvalue weighted by molar-refractivity contribution is 6.48. The fourth-order valence-electron chi connectivity index (χ4n) is 6.45. The van der Waals surface area contributed by atoms with Crippen LogP contribution in [0.2, 0.25) is 13.1 Å². The Balaban J connectivity index is 1.49. The minimum atomic E-state index is -1.33. The number of benzene rings is 1. The van der Waals surface area contributed by atoms with Gasteiger partial charge in [-0.15, -0.1) is 0 Å². The van der Waals surface area contributed by atoms with E-state index >= 15 is 0 Å². The average molecular weight is 554 g/mol. The lowest BCUT2D eigenvalue weighted by atomic mass is 9.73. The zero-order chi connectivity index (χ0) is 28.1. The van der Waals surface area contributed by atoms with Crippen LogP contribution in [0.4, 0.5) is 0 Å². The molecule has 3 heterocycles. The number of piperidine rings is 1. The molecular weight excluding hydrogens is 502 g/mol. The maximum absolute atomic E-state index is 13.8. The van der Waals surface area contributed by atoms with Crippen LogP contribution in [0.25, 0.3) is 10.9 Å².